The van der Waals surface area contributed by atoms with Gasteiger partial charge in [0, 0.05) is 55.4 Å². The molecule has 0 saturated carbocycles. The van der Waals surface area contributed by atoms with Crippen LogP contribution in [0.1, 0.15) is 16.1 Å². The molecule has 184 valence electrons. The molecule has 34 heavy (non-hydrogen) atoms. The standard InChI is InChI=1S/C24H29FN4O3S.ClH/c1-16-23(17-7-6-8-20(13-17)28(4)33(5,31)32)21-14-18(24(30)27(2)3)9-10-22(21)29(16)15-19(25)11-12-26;/h6-11,13-14H,12,15,26H2,1-5H3;1H/b19-11-;. The monoisotopic (exact) mass is 508 g/mol. The Balaban J connectivity index is 0.00000408. The molecule has 3 rings (SSSR count). The Morgan fingerprint density at radius 2 is 1.82 bits per heavy atom. The highest BCUT2D eigenvalue weighted by molar-refractivity contribution is 7.92. The lowest BCUT2D eigenvalue weighted by molar-refractivity contribution is 0.0827. The summed E-state index contributed by atoms with van der Waals surface area (Å²) < 4.78 is 41.6. The molecule has 0 atom stereocenters. The fraction of sp³-hybridized carbons (Fsp3) is 0.292. The zero-order chi connectivity index (χ0) is 24.5. The molecule has 0 aliphatic rings. The summed E-state index contributed by atoms with van der Waals surface area (Å²) in [6, 6.07) is 12.5. The van der Waals surface area contributed by atoms with E-state index in [9.17, 15) is 17.6 Å². The number of amides is 1. The zero-order valence-electron chi connectivity index (χ0n) is 19.9. The smallest absolute Gasteiger partial charge is 0.253 e. The van der Waals surface area contributed by atoms with Crippen LogP contribution in [0.2, 0.25) is 0 Å². The van der Waals surface area contributed by atoms with Crippen molar-refractivity contribution in [2.45, 2.75) is 13.5 Å². The summed E-state index contributed by atoms with van der Waals surface area (Å²) in [5.74, 6) is -0.504. The highest BCUT2D eigenvalue weighted by Gasteiger charge is 2.20. The maximum absolute atomic E-state index is 14.4. The number of hydrogen-bond acceptors (Lipinski definition) is 4. The van der Waals surface area contributed by atoms with Crippen LogP contribution in [0.15, 0.2) is 54.4 Å². The van der Waals surface area contributed by atoms with Crippen molar-refractivity contribution in [2.75, 3.05) is 38.2 Å². The van der Waals surface area contributed by atoms with E-state index in [1.807, 2.05) is 23.6 Å². The van der Waals surface area contributed by atoms with Gasteiger partial charge in [-0.15, -0.1) is 12.4 Å². The van der Waals surface area contributed by atoms with Gasteiger partial charge < -0.3 is 15.2 Å². The number of fused-ring (bicyclic) bond motifs is 1. The van der Waals surface area contributed by atoms with Gasteiger partial charge in [-0.25, -0.2) is 12.8 Å². The van der Waals surface area contributed by atoms with Crippen molar-refractivity contribution < 1.29 is 17.6 Å². The molecule has 3 aromatic rings. The summed E-state index contributed by atoms with van der Waals surface area (Å²) in [7, 11) is 1.41. The molecule has 0 fully saturated rings. The minimum absolute atomic E-state index is 0. The number of benzene rings is 2. The van der Waals surface area contributed by atoms with Crippen LogP contribution in [0, 0.1) is 6.92 Å². The number of carbonyl (C=O) groups excluding carboxylic acids is 1. The number of hydrogen-bond donors (Lipinski definition) is 1. The number of anilines is 1. The number of halogens is 2. The van der Waals surface area contributed by atoms with Crippen LogP contribution in [0.4, 0.5) is 10.1 Å². The Hall–Kier alpha value is -2.88. The molecule has 1 aromatic heterocycles. The molecule has 0 spiro atoms. The van der Waals surface area contributed by atoms with Gasteiger partial charge in [-0.3, -0.25) is 9.10 Å². The number of sulfonamides is 1. The summed E-state index contributed by atoms with van der Waals surface area (Å²) in [5.41, 5.74) is 9.61. The molecule has 7 nitrogen and oxygen atoms in total. The van der Waals surface area contributed by atoms with Crippen molar-refractivity contribution >= 4 is 44.9 Å². The summed E-state index contributed by atoms with van der Waals surface area (Å²) in [4.78, 5) is 14.1. The summed E-state index contributed by atoms with van der Waals surface area (Å²) in [5, 5.41) is 0.778. The van der Waals surface area contributed by atoms with E-state index >= 15 is 0 Å². The number of allylic oxidation sites excluding steroid dienone is 1. The second-order valence-electron chi connectivity index (χ2n) is 8.15. The SMILES string of the molecule is Cc1c(-c2cccc(N(C)S(C)(=O)=O)c2)c2cc(C(=O)N(C)C)ccc2n1C/C(F)=C/CN.Cl. The normalized spacial score (nSPS) is 11.9. The molecule has 0 aliphatic carbocycles. The zero-order valence-corrected chi connectivity index (χ0v) is 21.5. The Morgan fingerprint density at radius 3 is 2.41 bits per heavy atom. The first-order valence-electron chi connectivity index (χ1n) is 10.4. The molecule has 0 unspecified atom stereocenters. The Morgan fingerprint density at radius 1 is 1.15 bits per heavy atom. The van der Waals surface area contributed by atoms with Gasteiger partial charge in [0.05, 0.1) is 18.5 Å². The van der Waals surface area contributed by atoms with Crippen LogP contribution in [0.5, 0.6) is 0 Å². The van der Waals surface area contributed by atoms with Crippen LogP contribution in [-0.2, 0) is 16.6 Å². The van der Waals surface area contributed by atoms with E-state index in [4.69, 9.17) is 5.73 Å². The lowest BCUT2D eigenvalue weighted by Gasteiger charge is -2.17. The van der Waals surface area contributed by atoms with Crippen LogP contribution in [0.3, 0.4) is 0 Å². The van der Waals surface area contributed by atoms with Gasteiger partial charge in [0.15, 0.2) is 0 Å². The number of nitrogens with two attached hydrogens (primary N) is 1. The van der Waals surface area contributed by atoms with Gasteiger partial charge in [0.1, 0.15) is 5.83 Å². The minimum Gasteiger partial charge on any atom is -0.345 e. The van der Waals surface area contributed by atoms with E-state index in [0.717, 1.165) is 34.0 Å². The average molecular weight is 509 g/mol. The van der Waals surface area contributed by atoms with Gasteiger partial charge in [-0.05, 0) is 48.9 Å². The Labute approximate surface area is 206 Å². The summed E-state index contributed by atoms with van der Waals surface area (Å²) >= 11 is 0. The van der Waals surface area contributed by atoms with Gasteiger partial charge in [0.25, 0.3) is 5.91 Å². The lowest BCUT2D eigenvalue weighted by Crippen LogP contribution is -2.24. The molecule has 0 saturated heterocycles. The third-order valence-electron chi connectivity index (χ3n) is 5.62. The van der Waals surface area contributed by atoms with Crippen molar-refractivity contribution in [3.63, 3.8) is 0 Å². The molecule has 0 radical (unpaired) electrons. The predicted molar refractivity (Wildman–Crippen MR) is 139 cm³/mol. The molecule has 2 aromatic carbocycles. The number of aromatic nitrogens is 1. The predicted octanol–water partition coefficient (Wildman–Crippen LogP) is 3.95. The highest BCUT2D eigenvalue weighted by atomic mass is 35.5. The minimum atomic E-state index is -3.44. The Kier molecular flexibility index (Phi) is 8.52. The van der Waals surface area contributed by atoms with E-state index in [1.165, 1.54) is 22.3 Å². The lowest BCUT2D eigenvalue weighted by atomic mass is 10.00. The van der Waals surface area contributed by atoms with Crippen molar-refractivity contribution in [3.05, 3.63) is 65.6 Å². The number of nitrogens with zero attached hydrogens (tertiary/aromatic N) is 3. The molecular weight excluding hydrogens is 479 g/mol. The number of carbonyl (C=O) groups is 1. The van der Waals surface area contributed by atoms with E-state index in [0.29, 0.717) is 11.3 Å². The van der Waals surface area contributed by atoms with E-state index in [-0.39, 0.29) is 37.2 Å². The summed E-state index contributed by atoms with van der Waals surface area (Å²) in [6.07, 6.45) is 2.47. The van der Waals surface area contributed by atoms with Crippen LogP contribution in [0.25, 0.3) is 22.0 Å². The average Bonchev–Trinajstić information content (AvgIpc) is 3.02. The second-order valence-corrected chi connectivity index (χ2v) is 10.2. The van der Waals surface area contributed by atoms with Crippen molar-refractivity contribution in [2.24, 2.45) is 5.73 Å². The first-order chi connectivity index (χ1) is 15.5. The van der Waals surface area contributed by atoms with Gasteiger partial charge in [0.2, 0.25) is 10.0 Å². The van der Waals surface area contributed by atoms with Gasteiger partial charge in [-0.2, -0.15) is 0 Å². The quantitative estimate of drug-likeness (QED) is 0.523. The van der Waals surface area contributed by atoms with Crippen molar-refractivity contribution in [1.29, 1.82) is 0 Å². The van der Waals surface area contributed by atoms with Crippen LogP contribution < -0.4 is 10.0 Å². The maximum Gasteiger partial charge on any atom is 0.253 e. The highest BCUT2D eigenvalue weighted by Crippen LogP contribution is 2.37. The fourth-order valence-electron chi connectivity index (χ4n) is 3.83. The maximum atomic E-state index is 14.4. The third kappa shape index (κ3) is 5.43. The number of rotatable bonds is 7. The van der Waals surface area contributed by atoms with Gasteiger partial charge >= 0.3 is 0 Å². The first-order valence-corrected chi connectivity index (χ1v) is 12.2. The molecule has 1 amide bonds. The van der Waals surface area contributed by atoms with Crippen LogP contribution >= 0.6 is 12.4 Å². The van der Waals surface area contributed by atoms with Crippen LogP contribution in [-0.4, -0.2) is 57.7 Å². The van der Waals surface area contributed by atoms with E-state index in [1.54, 1.807) is 44.4 Å². The largest absolute Gasteiger partial charge is 0.345 e. The topological polar surface area (TPSA) is 88.6 Å². The van der Waals surface area contributed by atoms with Gasteiger partial charge in [-0.1, -0.05) is 12.1 Å². The van der Waals surface area contributed by atoms with E-state index < -0.39 is 10.0 Å². The molecule has 1 heterocycles. The second kappa shape index (κ2) is 10.6. The molecule has 0 bridgehead atoms. The Bertz CT molecular complexity index is 1350. The first kappa shape index (κ1) is 27.4. The fourth-order valence-corrected chi connectivity index (χ4v) is 4.33. The van der Waals surface area contributed by atoms with Crippen molar-refractivity contribution in [3.8, 4) is 11.1 Å². The third-order valence-corrected chi connectivity index (χ3v) is 6.83. The molecule has 0 aliphatic heterocycles. The summed E-state index contributed by atoms with van der Waals surface area (Å²) in [6.45, 7) is 1.98. The molecular formula is C24H30ClFN4O3S. The van der Waals surface area contributed by atoms with Crippen molar-refractivity contribution in [1.82, 2.24) is 9.47 Å². The molecule has 2 N–H and O–H groups in total. The molecule has 10 heteroatoms. The van der Waals surface area contributed by atoms with E-state index in [2.05, 4.69) is 0 Å².